The van der Waals surface area contributed by atoms with Gasteiger partial charge in [-0.05, 0) is 37.6 Å². The van der Waals surface area contributed by atoms with E-state index in [1.165, 1.54) is 11.3 Å². The van der Waals surface area contributed by atoms with E-state index in [2.05, 4.69) is 15.5 Å². The number of anilines is 1. The zero-order chi connectivity index (χ0) is 18.1. The van der Waals surface area contributed by atoms with Crippen molar-refractivity contribution < 1.29 is 19.0 Å². The highest BCUT2D eigenvalue weighted by Crippen LogP contribution is 2.27. The number of carbonyl (C=O) groups excluding carboxylic acids is 1. The van der Waals surface area contributed by atoms with E-state index in [1.807, 2.05) is 25.1 Å². The van der Waals surface area contributed by atoms with Crippen LogP contribution in [0.15, 0.2) is 28.7 Å². The summed E-state index contributed by atoms with van der Waals surface area (Å²) in [5.41, 5.74) is 4.36. The van der Waals surface area contributed by atoms with Gasteiger partial charge in [0.1, 0.15) is 0 Å². The lowest BCUT2D eigenvalue weighted by molar-refractivity contribution is -0.142. The second-order valence-electron chi connectivity index (χ2n) is 4.84. The van der Waals surface area contributed by atoms with Gasteiger partial charge in [-0.15, -0.1) is 11.3 Å². The minimum Gasteiger partial charge on any atom is -0.493 e. The van der Waals surface area contributed by atoms with Crippen molar-refractivity contribution in [3.63, 3.8) is 0 Å². The number of aromatic nitrogens is 1. The maximum Gasteiger partial charge on any atom is 0.311 e. The Labute approximate surface area is 150 Å². The van der Waals surface area contributed by atoms with E-state index in [1.54, 1.807) is 25.6 Å². The Kier molecular flexibility index (Phi) is 7.21. The summed E-state index contributed by atoms with van der Waals surface area (Å²) in [6, 6.07) is 5.56. The molecule has 134 valence electrons. The van der Waals surface area contributed by atoms with Gasteiger partial charge in [-0.3, -0.25) is 10.2 Å². The van der Waals surface area contributed by atoms with Gasteiger partial charge >= 0.3 is 5.97 Å². The molecule has 2 aromatic rings. The number of nitrogens with zero attached hydrogens (tertiary/aromatic N) is 2. The lowest BCUT2D eigenvalue weighted by Gasteiger charge is -2.09. The molecule has 0 saturated carbocycles. The van der Waals surface area contributed by atoms with Crippen LogP contribution in [0.5, 0.6) is 11.5 Å². The van der Waals surface area contributed by atoms with Crippen LogP contribution in [0.25, 0.3) is 0 Å². The van der Waals surface area contributed by atoms with Crippen LogP contribution in [0.1, 0.15) is 25.1 Å². The van der Waals surface area contributed by atoms with Crippen LogP contribution in [-0.4, -0.2) is 37.5 Å². The van der Waals surface area contributed by atoms with Crippen molar-refractivity contribution in [1.29, 1.82) is 0 Å². The lowest BCUT2D eigenvalue weighted by Crippen LogP contribution is -2.07. The number of rotatable bonds is 9. The Morgan fingerprint density at radius 1 is 1.32 bits per heavy atom. The third kappa shape index (κ3) is 5.75. The molecule has 1 aromatic carbocycles. The number of nitrogens with one attached hydrogen (secondary N) is 1. The molecule has 0 radical (unpaired) electrons. The third-order valence-corrected chi connectivity index (χ3v) is 3.84. The average molecular weight is 363 g/mol. The van der Waals surface area contributed by atoms with Gasteiger partial charge in [-0.2, -0.15) is 5.10 Å². The molecular formula is C17H21N3O4S. The van der Waals surface area contributed by atoms with Crippen molar-refractivity contribution >= 4 is 28.7 Å². The summed E-state index contributed by atoms with van der Waals surface area (Å²) in [7, 11) is 1.59. The third-order valence-electron chi connectivity index (χ3n) is 3.04. The molecule has 0 aliphatic heterocycles. The highest BCUT2D eigenvalue weighted by Gasteiger charge is 2.08. The average Bonchev–Trinajstić information content (AvgIpc) is 3.03. The van der Waals surface area contributed by atoms with Crippen molar-refractivity contribution in [3.05, 3.63) is 34.8 Å². The van der Waals surface area contributed by atoms with Crippen molar-refractivity contribution in [2.24, 2.45) is 5.10 Å². The molecule has 25 heavy (non-hydrogen) atoms. The summed E-state index contributed by atoms with van der Waals surface area (Å²) in [6.45, 7) is 4.63. The van der Waals surface area contributed by atoms with Crippen LogP contribution in [0.4, 0.5) is 5.13 Å². The molecule has 1 aromatic heterocycles. The van der Waals surface area contributed by atoms with Crippen LogP contribution in [-0.2, 0) is 16.0 Å². The molecule has 7 nitrogen and oxygen atoms in total. The smallest absolute Gasteiger partial charge is 0.311 e. The molecule has 0 amide bonds. The standard InChI is InChI=1S/C17H21N3O4S/c1-4-23-14-7-6-12(8-15(14)22-3)10-18-20-17-19-13(11-25-17)9-16(21)24-5-2/h6-8,10-11H,4-5,9H2,1-3H3,(H,19,20). The monoisotopic (exact) mass is 363 g/mol. The number of methoxy groups -OCH3 is 1. The van der Waals surface area contributed by atoms with E-state index in [9.17, 15) is 4.79 Å². The van der Waals surface area contributed by atoms with Gasteiger partial charge in [0.15, 0.2) is 11.5 Å². The maximum absolute atomic E-state index is 11.4. The predicted octanol–water partition coefficient (Wildman–Crippen LogP) is 3.10. The first-order valence-corrected chi connectivity index (χ1v) is 8.74. The fourth-order valence-electron chi connectivity index (χ4n) is 2.00. The molecule has 8 heteroatoms. The lowest BCUT2D eigenvalue weighted by atomic mass is 10.2. The summed E-state index contributed by atoms with van der Waals surface area (Å²) >= 11 is 1.37. The predicted molar refractivity (Wildman–Crippen MR) is 97.8 cm³/mol. The molecule has 0 fully saturated rings. The molecule has 2 rings (SSSR count). The second kappa shape index (κ2) is 9.63. The number of esters is 1. The molecule has 0 aliphatic carbocycles. The Morgan fingerprint density at radius 2 is 2.16 bits per heavy atom. The molecule has 0 bridgehead atoms. The molecule has 0 aliphatic rings. The summed E-state index contributed by atoms with van der Waals surface area (Å²) < 4.78 is 15.7. The van der Waals surface area contributed by atoms with Gasteiger partial charge in [-0.1, -0.05) is 0 Å². The van der Waals surface area contributed by atoms with Crippen molar-refractivity contribution in [2.75, 3.05) is 25.7 Å². The number of hydrogen-bond donors (Lipinski definition) is 1. The Hall–Kier alpha value is -2.61. The number of hydrogen-bond acceptors (Lipinski definition) is 8. The van der Waals surface area contributed by atoms with Crippen molar-refractivity contribution in [1.82, 2.24) is 4.98 Å². The highest BCUT2D eigenvalue weighted by atomic mass is 32.1. The zero-order valence-electron chi connectivity index (χ0n) is 14.4. The number of carbonyl (C=O) groups is 1. The van der Waals surface area contributed by atoms with Gasteiger partial charge in [-0.25, -0.2) is 4.98 Å². The summed E-state index contributed by atoms with van der Waals surface area (Å²) in [4.78, 5) is 15.7. The molecule has 0 spiro atoms. The second-order valence-corrected chi connectivity index (χ2v) is 5.70. The van der Waals surface area contributed by atoms with Gasteiger partial charge in [0, 0.05) is 5.38 Å². The first-order chi connectivity index (χ1) is 12.2. The highest BCUT2D eigenvalue weighted by molar-refractivity contribution is 7.13. The van der Waals surface area contributed by atoms with E-state index in [0.717, 1.165) is 5.56 Å². The van der Waals surface area contributed by atoms with Crippen LogP contribution < -0.4 is 14.9 Å². The quantitative estimate of drug-likeness (QED) is 0.419. The largest absolute Gasteiger partial charge is 0.493 e. The fraction of sp³-hybridized carbons (Fsp3) is 0.353. The van der Waals surface area contributed by atoms with E-state index in [0.29, 0.717) is 35.5 Å². The normalized spacial score (nSPS) is 10.7. The van der Waals surface area contributed by atoms with Crippen LogP contribution in [0.2, 0.25) is 0 Å². The molecule has 0 saturated heterocycles. The van der Waals surface area contributed by atoms with E-state index >= 15 is 0 Å². The number of benzene rings is 1. The summed E-state index contributed by atoms with van der Waals surface area (Å²) in [6.07, 6.45) is 1.82. The number of ether oxygens (including phenoxy) is 3. The van der Waals surface area contributed by atoms with Crippen LogP contribution in [0.3, 0.4) is 0 Å². The fourth-order valence-corrected chi connectivity index (χ4v) is 2.66. The molecular weight excluding hydrogens is 342 g/mol. The molecule has 1 N–H and O–H groups in total. The molecule has 1 heterocycles. The molecule has 0 atom stereocenters. The summed E-state index contributed by atoms with van der Waals surface area (Å²) in [5, 5.41) is 6.56. The summed E-state index contributed by atoms with van der Waals surface area (Å²) in [5.74, 6) is 1.06. The number of thiazole rings is 1. The maximum atomic E-state index is 11.4. The Bertz CT molecular complexity index is 730. The zero-order valence-corrected chi connectivity index (χ0v) is 15.3. The SMILES string of the molecule is CCOC(=O)Cc1csc(NN=Cc2ccc(OCC)c(OC)c2)n1. The van der Waals surface area contributed by atoms with Crippen molar-refractivity contribution in [2.45, 2.75) is 20.3 Å². The molecule has 0 unspecified atom stereocenters. The first kappa shape index (κ1) is 18.7. The Morgan fingerprint density at radius 3 is 2.88 bits per heavy atom. The van der Waals surface area contributed by atoms with Gasteiger partial charge in [0.25, 0.3) is 0 Å². The Balaban J connectivity index is 1.94. The topological polar surface area (TPSA) is 82.0 Å². The van der Waals surface area contributed by atoms with E-state index < -0.39 is 0 Å². The van der Waals surface area contributed by atoms with Gasteiger partial charge in [0.05, 0.1) is 38.7 Å². The minimum atomic E-state index is -0.288. The first-order valence-electron chi connectivity index (χ1n) is 7.86. The van der Waals surface area contributed by atoms with Crippen LogP contribution in [0, 0.1) is 0 Å². The van der Waals surface area contributed by atoms with Gasteiger partial charge < -0.3 is 14.2 Å². The van der Waals surface area contributed by atoms with Gasteiger partial charge in [0.2, 0.25) is 5.13 Å². The van der Waals surface area contributed by atoms with E-state index in [4.69, 9.17) is 14.2 Å². The minimum absolute atomic E-state index is 0.159. The van der Waals surface area contributed by atoms with Crippen LogP contribution >= 0.6 is 11.3 Å². The van der Waals surface area contributed by atoms with Crippen molar-refractivity contribution in [3.8, 4) is 11.5 Å². The number of hydrazone groups is 1. The van der Waals surface area contributed by atoms with E-state index in [-0.39, 0.29) is 12.4 Å².